The minimum atomic E-state index is -1.38. The summed E-state index contributed by atoms with van der Waals surface area (Å²) in [5.74, 6) is -1.50. The zero-order valence-electron chi connectivity index (χ0n) is 16.6. The van der Waals surface area contributed by atoms with E-state index in [1.54, 1.807) is 14.2 Å². The number of hydrogen-bond donors (Lipinski definition) is 0. The molecule has 1 fully saturated rings. The molecule has 0 amide bonds. The maximum atomic E-state index is 13.3. The second-order valence-corrected chi connectivity index (χ2v) is 7.43. The summed E-state index contributed by atoms with van der Waals surface area (Å²) in [7, 11) is 3.12. The second kappa shape index (κ2) is 7.90. The van der Waals surface area contributed by atoms with E-state index in [-0.39, 0.29) is 5.78 Å². The van der Waals surface area contributed by atoms with E-state index in [4.69, 9.17) is 9.47 Å². The van der Waals surface area contributed by atoms with Gasteiger partial charge in [-0.05, 0) is 30.4 Å². The molecule has 4 rings (SSSR count). The Bertz CT molecular complexity index is 878. The van der Waals surface area contributed by atoms with Crippen LogP contribution in [-0.4, -0.2) is 43.8 Å². The van der Waals surface area contributed by atoms with Crippen molar-refractivity contribution < 1.29 is 14.3 Å². The van der Waals surface area contributed by atoms with Gasteiger partial charge in [0.25, 0.3) is 5.79 Å². The predicted molar refractivity (Wildman–Crippen MR) is 110 cm³/mol. The Kier molecular flexibility index (Phi) is 5.33. The predicted octanol–water partition coefficient (Wildman–Crippen LogP) is 4.31. The largest absolute Gasteiger partial charge is 0.374 e. The Morgan fingerprint density at radius 1 is 0.893 bits per heavy atom. The number of carbonyl (C=O) groups is 1. The van der Waals surface area contributed by atoms with Crippen LogP contribution < -0.4 is 0 Å². The van der Waals surface area contributed by atoms with E-state index in [9.17, 15) is 4.79 Å². The Morgan fingerprint density at radius 3 is 2.14 bits per heavy atom. The number of nitrogens with zero attached hydrogens (tertiary/aromatic N) is 1. The maximum absolute atomic E-state index is 13.3. The molecule has 1 heterocycles. The Morgan fingerprint density at radius 2 is 1.50 bits per heavy atom. The lowest BCUT2D eigenvalue weighted by molar-refractivity contribution is -0.125. The summed E-state index contributed by atoms with van der Waals surface area (Å²) < 4.78 is 11.6. The first-order valence-electron chi connectivity index (χ1n) is 9.98. The number of rotatable bonds is 5. The second-order valence-electron chi connectivity index (χ2n) is 7.43. The topological polar surface area (TPSA) is 38.8 Å². The molecule has 0 atom stereocenters. The number of hydrogen-bond acceptors (Lipinski definition) is 4. The van der Waals surface area contributed by atoms with Crippen LogP contribution in [0.4, 0.5) is 0 Å². The minimum absolute atomic E-state index is 0.120. The fourth-order valence-corrected chi connectivity index (χ4v) is 4.50. The molecule has 0 aromatic heterocycles. The number of likely N-dealkylation sites (tertiary alicyclic amines) is 1. The Hall–Kier alpha value is -2.43. The summed E-state index contributed by atoms with van der Waals surface area (Å²) in [6.45, 7) is 1.98. The average Bonchev–Trinajstić information content (AvgIpc) is 3.02. The van der Waals surface area contributed by atoms with Gasteiger partial charge in [0.1, 0.15) is 0 Å². The first-order valence-corrected chi connectivity index (χ1v) is 9.98. The first kappa shape index (κ1) is 18.9. The van der Waals surface area contributed by atoms with Crippen LogP contribution in [0.2, 0.25) is 0 Å². The molecular weight excluding hydrogens is 350 g/mol. The van der Waals surface area contributed by atoms with E-state index in [1.807, 2.05) is 30.3 Å². The van der Waals surface area contributed by atoms with Crippen LogP contribution in [0.5, 0.6) is 0 Å². The summed E-state index contributed by atoms with van der Waals surface area (Å²) in [6.07, 6.45) is 4.31. The number of piperidine rings is 1. The van der Waals surface area contributed by atoms with Gasteiger partial charge >= 0.3 is 0 Å². The van der Waals surface area contributed by atoms with Crippen molar-refractivity contribution in [1.82, 2.24) is 4.90 Å². The summed E-state index contributed by atoms with van der Waals surface area (Å²) in [5, 5.41) is 0. The van der Waals surface area contributed by atoms with Crippen LogP contribution in [0.1, 0.15) is 40.7 Å². The molecule has 0 unspecified atom stereocenters. The highest BCUT2D eigenvalue weighted by Gasteiger charge is 2.53. The number of allylic oxidation sites excluding steroid dienone is 1. The third-order valence-corrected chi connectivity index (χ3v) is 5.88. The molecule has 146 valence electrons. The normalized spacial score (nSPS) is 20.2. The molecule has 1 aliphatic carbocycles. The molecule has 28 heavy (non-hydrogen) atoms. The number of benzene rings is 2. The monoisotopic (exact) mass is 377 g/mol. The summed E-state index contributed by atoms with van der Waals surface area (Å²) in [4.78, 5) is 15.8. The van der Waals surface area contributed by atoms with Crippen molar-refractivity contribution >= 4 is 11.4 Å². The van der Waals surface area contributed by atoms with E-state index in [2.05, 4.69) is 29.2 Å². The van der Waals surface area contributed by atoms with Crippen LogP contribution in [0.25, 0.3) is 5.57 Å². The van der Waals surface area contributed by atoms with Crippen molar-refractivity contribution in [3.63, 3.8) is 0 Å². The number of carbonyl (C=O) groups excluding carboxylic acids is 1. The number of Topliss-reactive ketones (excluding diaryl/α,β-unsaturated/α-hetero) is 1. The molecular formula is C24H27NO3. The van der Waals surface area contributed by atoms with Gasteiger partial charge in [0, 0.05) is 50.6 Å². The van der Waals surface area contributed by atoms with Gasteiger partial charge < -0.3 is 14.4 Å². The van der Waals surface area contributed by atoms with Gasteiger partial charge in [-0.25, -0.2) is 0 Å². The molecule has 4 heteroatoms. The zero-order valence-corrected chi connectivity index (χ0v) is 16.6. The van der Waals surface area contributed by atoms with Crippen LogP contribution in [-0.2, 0) is 15.9 Å². The number of methoxy groups -OCH3 is 2. The van der Waals surface area contributed by atoms with Gasteiger partial charge in [0.05, 0.1) is 0 Å². The fraction of sp³-hybridized carbons (Fsp3) is 0.375. The maximum Gasteiger partial charge on any atom is 0.263 e. The standard InChI is InChI=1S/C24H27NO3/c1-27-24(28-2)22(19-13-7-8-14-20(19)23(24)26)21(25-15-9-4-10-16-25)17-18-11-5-3-6-12-18/h3,5-8,11-14H,4,9-10,15-17H2,1-2H3. The van der Waals surface area contributed by atoms with E-state index < -0.39 is 5.79 Å². The lowest BCUT2D eigenvalue weighted by Crippen LogP contribution is -2.42. The smallest absolute Gasteiger partial charge is 0.263 e. The minimum Gasteiger partial charge on any atom is -0.374 e. The van der Waals surface area contributed by atoms with Gasteiger partial charge in [0.2, 0.25) is 5.78 Å². The van der Waals surface area contributed by atoms with Crippen molar-refractivity contribution in [3.8, 4) is 0 Å². The van der Waals surface area contributed by atoms with Crippen molar-refractivity contribution in [2.75, 3.05) is 27.3 Å². The lowest BCUT2D eigenvalue weighted by atomic mass is 9.95. The molecule has 1 saturated heterocycles. The number of fused-ring (bicyclic) bond motifs is 1. The summed E-state index contributed by atoms with van der Waals surface area (Å²) in [5.41, 5.74) is 4.81. The Labute approximate surface area is 166 Å². The van der Waals surface area contributed by atoms with E-state index >= 15 is 0 Å². The van der Waals surface area contributed by atoms with Crippen molar-refractivity contribution in [2.24, 2.45) is 0 Å². The third-order valence-electron chi connectivity index (χ3n) is 5.88. The van der Waals surface area contributed by atoms with Crippen molar-refractivity contribution in [1.29, 1.82) is 0 Å². The van der Waals surface area contributed by atoms with Crippen molar-refractivity contribution in [2.45, 2.75) is 31.5 Å². The highest BCUT2D eigenvalue weighted by atomic mass is 16.7. The SMILES string of the molecule is COC1(OC)C(=O)c2ccccc2C1=C(Cc1ccccc1)N1CCCCC1. The fourth-order valence-electron chi connectivity index (χ4n) is 4.50. The summed E-state index contributed by atoms with van der Waals surface area (Å²) >= 11 is 0. The van der Waals surface area contributed by atoms with Crippen LogP contribution in [0.3, 0.4) is 0 Å². The number of ketones is 1. The van der Waals surface area contributed by atoms with Crippen LogP contribution in [0, 0.1) is 0 Å². The third kappa shape index (κ3) is 3.07. The molecule has 4 nitrogen and oxygen atoms in total. The quantitative estimate of drug-likeness (QED) is 0.728. The van der Waals surface area contributed by atoms with Gasteiger partial charge in [-0.3, -0.25) is 4.79 Å². The molecule has 2 aromatic rings. The molecule has 0 radical (unpaired) electrons. The number of ether oxygens (including phenoxy) is 2. The highest BCUT2D eigenvalue weighted by Crippen LogP contribution is 2.46. The zero-order chi connectivity index (χ0) is 19.6. The first-order chi connectivity index (χ1) is 13.7. The molecule has 0 spiro atoms. The molecule has 0 saturated carbocycles. The van der Waals surface area contributed by atoms with E-state index in [0.717, 1.165) is 49.2 Å². The summed E-state index contributed by atoms with van der Waals surface area (Å²) in [6, 6.07) is 18.2. The van der Waals surface area contributed by atoms with Crippen LogP contribution in [0.15, 0.2) is 60.3 Å². The Balaban J connectivity index is 1.94. The van der Waals surface area contributed by atoms with Gasteiger partial charge in [-0.15, -0.1) is 0 Å². The van der Waals surface area contributed by atoms with Gasteiger partial charge in [-0.1, -0.05) is 54.6 Å². The van der Waals surface area contributed by atoms with E-state index in [0.29, 0.717) is 5.56 Å². The highest BCUT2D eigenvalue weighted by molar-refractivity contribution is 6.18. The van der Waals surface area contributed by atoms with Gasteiger partial charge in [-0.2, -0.15) is 0 Å². The lowest BCUT2D eigenvalue weighted by Gasteiger charge is -2.36. The van der Waals surface area contributed by atoms with E-state index in [1.165, 1.54) is 12.0 Å². The molecule has 0 N–H and O–H groups in total. The van der Waals surface area contributed by atoms with Crippen LogP contribution >= 0.6 is 0 Å². The van der Waals surface area contributed by atoms with Gasteiger partial charge in [0.15, 0.2) is 0 Å². The molecule has 1 aliphatic heterocycles. The average molecular weight is 377 g/mol. The molecule has 2 aromatic carbocycles. The molecule has 0 bridgehead atoms. The van der Waals surface area contributed by atoms with Crippen molar-refractivity contribution in [3.05, 3.63) is 77.0 Å². The molecule has 2 aliphatic rings.